The molecule has 1 aromatic carbocycles. The Bertz CT molecular complexity index is 603. The van der Waals surface area contributed by atoms with Crippen LogP contribution in [0, 0.1) is 0 Å². The van der Waals surface area contributed by atoms with E-state index in [0.29, 0.717) is 5.75 Å². The number of morpholine rings is 1. The highest BCUT2D eigenvalue weighted by molar-refractivity contribution is 5.72. The summed E-state index contributed by atoms with van der Waals surface area (Å²) in [7, 11) is 0. The highest BCUT2D eigenvalue weighted by Gasteiger charge is 2.24. The molecule has 0 spiro atoms. The number of hydrogen-bond donors (Lipinski definition) is 1. The molecule has 1 N–H and O–H groups in total. The van der Waals surface area contributed by atoms with Crippen molar-refractivity contribution in [1.82, 2.24) is 5.32 Å². The highest BCUT2D eigenvalue weighted by atomic mass is 16.6. The monoisotopic (exact) mass is 314 g/mol. The molecular formula is C18H22N2O3. The minimum absolute atomic E-state index is 0.389. The van der Waals surface area contributed by atoms with Gasteiger partial charge in [-0.3, -0.25) is 0 Å². The molecular weight excluding hydrogens is 292 g/mol. The second-order valence-corrected chi connectivity index (χ2v) is 6.02. The lowest BCUT2D eigenvalue weighted by molar-refractivity contribution is 0.122. The van der Waals surface area contributed by atoms with E-state index in [1.54, 1.807) is 0 Å². The van der Waals surface area contributed by atoms with Gasteiger partial charge in [-0.05, 0) is 37.6 Å². The molecule has 0 saturated carbocycles. The second kappa shape index (κ2) is 6.87. The first-order valence-electron chi connectivity index (χ1n) is 7.92. The van der Waals surface area contributed by atoms with Crippen LogP contribution in [0.1, 0.15) is 13.3 Å². The van der Waals surface area contributed by atoms with Crippen LogP contribution in [0.3, 0.4) is 0 Å². The first-order chi connectivity index (χ1) is 11.1. The van der Waals surface area contributed by atoms with E-state index in [1.165, 1.54) is 0 Å². The van der Waals surface area contributed by atoms with Gasteiger partial charge in [-0.1, -0.05) is 24.3 Å². The maximum atomic E-state index is 12.1. The number of allylic oxidation sites excluding steroid dienone is 2. The first kappa shape index (κ1) is 15.6. The number of rotatable bonds is 3. The van der Waals surface area contributed by atoms with Gasteiger partial charge in [0, 0.05) is 18.8 Å². The van der Waals surface area contributed by atoms with Crippen molar-refractivity contribution in [2.45, 2.75) is 18.9 Å². The van der Waals surface area contributed by atoms with Crippen LogP contribution in [0.15, 0.2) is 48.6 Å². The van der Waals surface area contributed by atoms with Crippen molar-refractivity contribution in [3.63, 3.8) is 0 Å². The molecule has 3 rings (SSSR count). The van der Waals surface area contributed by atoms with E-state index >= 15 is 0 Å². The van der Waals surface area contributed by atoms with Crippen molar-refractivity contribution in [1.29, 1.82) is 0 Å². The second-order valence-electron chi connectivity index (χ2n) is 6.02. The van der Waals surface area contributed by atoms with Crippen molar-refractivity contribution in [2.24, 2.45) is 0 Å². The van der Waals surface area contributed by atoms with E-state index in [2.05, 4.69) is 10.2 Å². The lowest BCUT2D eigenvalue weighted by Gasteiger charge is -2.29. The lowest BCUT2D eigenvalue weighted by atomic mass is 9.94. The molecule has 122 valence electrons. The summed E-state index contributed by atoms with van der Waals surface area (Å²) >= 11 is 0. The first-order valence-corrected chi connectivity index (χ1v) is 7.92. The minimum Gasteiger partial charge on any atom is -0.410 e. The molecule has 5 nitrogen and oxygen atoms in total. The number of ether oxygens (including phenoxy) is 2. The normalized spacial score (nSPS) is 23.6. The van der Waals surface area contributed by atoms with Crippen LogP contribution in [-0.4, -0.2) is 37.9 Å². The summed E-state index contributed by atoms with van der Waals surface area (Å²) in [5, 5.41) is 2.90. The zero-order valence-corrected chi connectivity index (χ0v) is 13.3. The van der Waals surface area contributed by atoms with Crippen LogP contribution in [0.4, 0.5) is 10.5 Å². The number of carbonyl (C=O) groups excluding carboxylic acids is 1. The highest BCUT2D eigenvalue weighted by Crippen LogP contribution is 2.21. The molecule has 1 aliphatic carbocycles. The SMILES string of the molecule is CC1(NC(=O)Oc2ccc(N3CCOCC3)cc2)C=CC=CC1. The van der Waals surface area contributed by atoms with E-state index in [0.717, 1.165) is 38.4 Å². The zero-order chi connectivity index (χ0) is 16.1. The fraction of sp³-hybridized carbons (Fsp3) is 0.389. The number of hydrogen-bond acceptors (Lipinski definition) is 4. The Morgan fingerprint density at radius 1 is 1.22 bits per heavy atom. The third-order valence-electron chi connectivity index (χ3n) is 4.06. The Hall–Kier alpha value is -2.27. The molecule has 1 amide bonds. The minimum atomic E-state index is -0.438. The summed E-state index contributed by atoms with van der Waals surface area (Å²) in [6, 6.07) is 7.59. The number of nitrogens with zero attached hydrogens (tertiary/aromatic N) is 1. The molecule has 0 aromatic heterocycles. The average molecular weight is 314 g/mol. The molecule has 0 bridgehead atoms. The van der Waals surface area contributed by atoms with Crippen molar-refractivity contribution < 1.29 is 14.3 Å². The van der Waals surface area contributed by atoms with E-state index in [-0.39, 0.29) is 5.54 Å². The Morgan fingerprint density at radius 2 is 1.96 bits per heavy atom. The van der Waals surface area contributed by atoms with Gasteiger partial charge in [-0.2, -0.15) is 0 Å². The number of nitrogens with one attached hydrogen (secondary N) is 1. The molecule has 1 atom stereocenters. The Kier molecular flexibility index (Phi) is 4.67. The number of anilines is 1. The molecule has 5 heteroatoms. The summed E-state index contributed by atoms with van der Waals surface area (Å²) in [6.07, 6.45) is 8.22. The fourth-order valence-electron chi connectivity index (χ4n) is 2.73. The molecule has 1 aromatic rings. The standard InChI is InChI=1S/C18H22N2O3/c1-18(9-3-2-4-10-18)19-17(21)23-16-7-5-15(6-8-16)20-11-13-22-14-12-20/h2-9H,10-14H2,1H3,(H,19,21). The number of benzene rings is 1. The largest absolute Gasteiger partial charge is 0.413 e. The van der Waals surface area contributed by atoms with Gasteiger partial charge in [0.1, 0.15) is 5.75 Å². The van der Waals surface area contributed by atoms with Gasteiger partial charge in [0.25, 0.3) is 0 Å². The smallest absolute Gasteiger partial charge is 0.410 e. The van der Waals surface area contributed by atoms with E-state index in [1.807, 2.05) is 55.5 Å². The number of carbonyl (C=O) groups is 1. The molecule has 1 heterocycles. The average Bonchev–Trinajstić information content (AvgIpc) is 2.56. The summed E-state index contributed by atoms with van der Waals surface area (Å²) in [5.41, 5.74) is 0.730. The van der Waals surface area contributed by atoms with Crippen LogP contribution in [0.5, 0.6) is 5.75 Å². The van der Waals surface area contributed by atoms with Crippen molar-refractivity contribution in [3.05, 3.63) is 48.6 Å². The van der Waals surface area contributed by atoms with E-state index < -0.39 is 6.09 Å². The third kappa shape index (κ3) is 4.13. The van der Waals surface area contributed by atoms with Crippen LogP contribution < -0.4 is 15.0 Å². The van der Waals surface area contributed by atoms with Crippen LogP contribution >= 0.6 is 0 Å². The van der Waals surface area contributed by atoms with Gasteiger partial charge in [0.15, 0.2) is 0 Å². The van der Waals surface area contributed by atoms with Gasteiger partial charge >= 0.3 is 6.09 Å². The van der Waals surface area contributed by atoms with Crippen molar-refractivity contribution in [3.8, 4) is 5.75 Å². The third-order valence-corrected chi connectivity index (χ3v) is 4.06. The predicted molar refractivity (Wildman–Crippen MR) is 89.9 cm³/mol. The molecule has 1 unspecified atom stereocenters. The summed E-state index contributed by atoms with van der Waals surface area (Å²) < 4.78 is 10.7. The Morgan fingerprint density at radius 3 is 2.61 bits per heavy atom. The van der Waals surface area contributed by atoms with Gasteiger partial charge in [0.05, 0.1) is 18.8 Å². The summed E-state index contributed by atoms with van der Waals surface area (Å²) in [5.74, 6) is 0.540. The van der Waals surface area contributed by atoms with E-state index in [9.17, 15) is 4.79 Å². The topological polar surface area (TPSA) is 50.8 Å². The molecule has 23 heavy (non-hydrogen) atoms. The number of amides is 1. The molecule has 1 aliphatic heterocycles. The maximum Gasteiger partial charge on any atom is 0.413 e. The molecule has 0 radical (unpaired) electrons. The van der Waals surface area contributed by atoms with Crippen molar-refractivity contribution >= 4 is 11.8 Å². The van der Waals surface area contributed by atoms with Crippen LogP contribution in [-0.2, 0) is 4.74 Å². The van der Waals surface area contributed by atoms with Crippen LogP contribution in [0.25, 0.3) is 0 Å². The van der Waals surface area contributed by atoms with Crippen LogP contribution in [0.2, 0.25) is 0 Å². The zero-order valence-electron chi connectivity index (χ0n) is 13.3. The molecule has 2 aliphatic rings. The van der Waals surface area contributed by atoms with E-state index in [4.69, 9.17) is 9.47 Å². The lowest BCUT2D eigenvalue weighted by Crippen LogP contribution is -2.45. The molecule has 1 fully saturated rings. The fourth-order valence-corrected chi connectivity index (χ4v) is 2.73. The molecule has 1 saturated heterocycles. The van der Waals surface area contributed by atoms with Gasteiger partial charge in [0.2, 0.25) is 0 Å². The Labute approximate surface area is 136 Å². The summed E-state index contributed by atoms with van der Waals surface area (Å²) in [4.78, 5) is 14.3. The van der Waals surface area contributed by atoms with Gasteiger partial charge in [-0.25, -0.2) is 4.79 Å². The predicted octanol–water partition coefficient (Wildman–Crippen LogP) is 2.89. The van der Waals surface area contributed by atoms with Crippen molar-refractivity contribution in [2.75, 3.05) is 31.2 Å². The quantitative estimate of drug-likeness (QED) is 0.932. The Balaban J connectivity index is 1.56. The summed E-state index contributed by atoms with van der Waals surface area (Å²) in [6.45, 7) is 5.25. The maximum absolute atomic E-state index is 12.1. The van der Waals surface area contributed by atoms with Gasteiger partial charge in [-0.15, -0.1) is 0 Å². The van der Waals surface area contributed by atoms with Gasteiger partial charge < -0.3 is 19.7 Å².